The van der Waals surface area contributed by atoms with Crippen LogP contribution in [0.15, 0.2) is 59.0 Å². The standard InChI is InChI=1S/C27H29N3O3/c1-18-3-5-20(6-4-18)17-30-11-9-19(10-12-30)16-28-26(31)25-15-22-13-21-14-23(32-2)7-8-24(21)29-27(22)33-25/h3-8,13-15,19H,9-12,16-17H2,1-2H3,(H,28,31). The fourth-order valence-corrected chi connectivity index (χ4v) is 4.48. The van der Waals surface area contributed by atoms with Gasteiger partial charge in [0.25, 0.3) is 5.91 Å². The molecule has 1 fully saturated rings. The molecule has 2 aromatic carbocycles. The van der Waals surface area contributed by atoms with Crippen molar-refractivity contribution in [2.75, 3.05) is 26.7 Å². The van der Waals surface area contributed by atoms with Crippen molar-refractivity contribution in [3.8, 4) is 5.75 Å². The molecule has 6 nitrogen and oxygen atoms in total. The summed E-state index contributed by atoms with van der Waals surface area (Å²) in [7, 11) is 1.64. The number of nitrogens with one attached hydrogen (secondary N) is 1. The van der Waals surface area contributed by atoms with Gasteiger partial charge in [-0.05, 0) is 74.7 Å². The highest BCUT2D eigenvalue weighted by molar-refractivity contribution is 5.98. The molecular formula is C27H29N3O3. The molecule has 0 radical (unpaired) electrons. The second kappa shape index (κ2) is 9.24. The van der Waals surface area contributed by atoms with Crippen molar-refractivity contribution in [3.63, 3.8) is 0 Å². The van der Waals surface area contributed by atoms with Crippen LogP contribution >= 0.6 is 0 Å². The Bertz CT molecular complexity index is 1270. The molecule has 1 aliphatic rings. The lowest BCUT2D eigenvalue weighted by atomic mass is 9.96. The van der Waals surface area contributed by atoms with Crippen molar-refractivity contribution >= 4 is 27.9 Å². The Kier molecular flexibility index (Phi) is 6.01. The lowest BCUT2D eigenvalue weighted by Crippen LogP contribution is -2.38. The van der Waals surface area contributed by atoms with Crippen LogP contribution in [0.4, 0.5) is 0 Å². The minimum atomic E-state index is -0.184. The van der Waals surface area contributed by atoms with Crippen molar-refractivity contribution in [1.82, 2.24) is 15.2 Å². The van der Waals surface area contributed by atoms with E-state index < -0.39 is 0 Å². The largest absolute Gasteiger partial charge is 0.497 e. The predicted molar refractivity (Wildman–Crippen MR) is 130 cm³/mol. The number of rotatable bonds is 6. The zero-order valence-corrected chi connectivity index (χ0v) is 19.1. The van der Waals surface area contributed by atoms with E-state index in [1.165, 1.54) is 11.1 Å². The van der Waals surface area contributed by atoms with Gasteiger partial charge in [0.2, 0.25) is 5.71 Å². The van der Waals surface area contributed by atoms with E-state index in [0.717, 1.165) is 54.5 Å². The fourth-order valence-electron chi connectivity index (χ4n) is 4.48. The van der Waals surface area contributed by atoms with Crippen molar-refractivity contribution in [2.24, 2.45) is 5.92 Å². The molecule has 1 amide bonds. The number of aromatic nitrogens is 1. The molecule has 0 atom stereocenters. The van der Waals surface area contributed by atoms with Gasteiger partial charge in [-0.1, -0.05) is 29.8 Å². The Balaban J connectivity index is 1.16. The van der Waals surface area contributed by atoms with E-state index in [9.17, 15) is 4.79 Å². The van der Waals surface area contributed by atoms with E-state index in [1.54, 1.807) is 13.2 Å². The van der Waals surface area contributed by atoms with Crippen LogP contribution in [-0.4, -0.2) is 42.5 Å². The maximum Gasteiger partial charge on any atom is 0.287 e. The number of aryl methyl sites for hydroxylation is 1. The van der Waals surface area contributed by atoms with Crippen LogP contribution in [0.3, 0.4) is 0 Å². The Hall–Kier alpha value is -3.38. The van der Waals surface area contributed by atoms with Crippen LogP contribution in [0, 0.1) is 12.8 Å². The van der Waals surface area contributed by atoms with Gasteiger partial charge >= 0.3 is 0 Å². The smallest absolute Gasteiger partial charge is 0.287 e. The summed E-state index contributed by atoms with van der Waals surface area (Å²) >= 11 is 0. The number of hydrogen-bond acceptors (Lipinski definition) is 5. The van der Waals surface area contributed by atoms with Crippen LogP contribution in [0.25, 0.3) is 22.0 Å². The normalized spacial score (nSPS) is 15.2. The number of ether oxygens (including phenoxy) is 1. The first kappa shape index (κ1) is 21.5. The van der Waals surface area contributed by atoms with E-state index >= 15 is 0 Å². The molecule has 0 spiro atoms. The molecule has 0 saturated carbocycles. The number of fused-ring (bicyclic) bond motifs is 2. The molecule has 6 heteroatoms. The summed E-state index contributed by atoms with van der Waals surface area (Å²) in [6.45, 7) is 5.88. The van der Waals surface area contributed by atoms with Crippen molar-refractivity contribution < 1.29 is 13.9 Å². The van der Waals surface area contributed by atoms with Crippen LogP contribution in [0.5, 0.6) is 5.75 Å². The Morgan fingerprint density at radius 3 is 2.64 bits per heavy atom. The molecular weight excluding hydrogens is 414 g/mol. The maximum absolute atomic E-state index is 12.7. The number of benzene rings is 2. The number of amides is 1. The molecule has 0 unspecified atom stereocenters. The number of methoxy groups -OCH3 is 1. The third-order valence-corrected chi connectivity index (χ3v) is 6.52. The molecule has 1 aliphatic heterocycles. The molecule has 2 aromatic heterocycles. The topological polar surface area (TPSA) is 67.6 Å². The molecule has 170 valence electrons. The summed E-state index contributed by atoms with van der Waals surface area (Å²) < 4.78 is 11.1. The minimum absolute atomic E-state index is 0.184. The van der Waals surface area contributed by atoms with Gasteiger partial charge in [0.15, 0.2) is 5.76 Å². The van der Waals surface area contributed by atoms with Crippen LogP contribution in [0.1, 0.15) is 34.5 Å². The molecule has 5 rings (SSSR count). The van der Waals surface area contributed by atoms with Crippen LogP contribution in [0.2, 0.25) is 0 Å². The average Bonchev–Trinajstić information content (AvgIpc) is 3.26. The summed E-state index contributed by atoms with van der Waals surface area (Å²) in [5, 5.41) is 4.82. The zero-order valence-electron chi connectivity index (χ0n) is 19.1. The highest BCUT2D eigenvalue weighted by atomic mass is 16.5. The number of nitrogens with zero attached hydrogens (tertiary/aromatic N) is 2. The predicted octanol–water partition coefficient (Wildman–Crippen LogP) is 4.94. The van der Waals surface area contributed by atoms with E-state index in [1.807, 2.05) is 24.3 Å². The second-order valence-electron chi connectivity index (χ2n) is 8.97. The van der Waals surface area contributed by atoms with E-state index in [0.29, 0.717) is 23.9 Å². The monoisotopic (exact) mass is 443 g/mol. The van der Waals surface area contributed by atoms with Crippen molar-refractivity contribution in [1.29, 1.82) is 0 Å². The van der Waals surface area contributed by atoms with E-state index in [-0.39, 0.29) is 5.91 Å². The summed E-state index contributed by atoms with van der Waals surface area (Å²) in [6.07, 6.45) is 2.17. The Morgan fingerprint density at radius 2 is 1.88 bits per heavy atom. The van der Waals surface area contributed by atoms with Gasteiger partial charge in [0, 0.05) is 23.9 Å². The average molecular weight is 444 g/mol. The molecule has 0 aliphatic carbocycles. The van der Waals surface area contributed by atoms with Gasteiger partial charge in [0.05, 0.1) is 12.6 Å². The third kappa shape index (κ3) is 4.86. The number of carbonyl (C=O) groups is 1. The summed E-state index contributed by atoms with van der Waals surface area (Å²) in [4.78, 5) is 19.8. The number of furan rings is 1. The summed E-state index contributed by atoms with van der Waals surface area (Å²) in [5.74, 6) is 1.38. The summed E-state index contributed by atoms with van der Waals surface area (Å²) in [6, 6.07) is 18.2. The van der Waals surface area contributed by atoms with Crippen molar-refractivity contribution in [2.45, 2.75) is 26.3 Å². The van der Waals surface area contributed by atoms with Gasteiger partial charge < -0.3 is 14.5 Å². The number of hydrogen-bond donors (Lipinski definition) is 1. The highest BCUT2D eigenvalue weighted by Crippen LogP contribution is 2.26. The van der Waals surface area contributed by atoms with Gasteiger partial charge in [-0.3, -0.25) is 9.69 Å². The van der Waals surface area contributed by atoms with Gasteiger partial charge in [-0.2, -0.15) is 0 Å². The number of pyridine rings is 1. The van der Waals surface area contributed by atoms with Crippen molar-refractivity contribution in [3.05, 3.63) is 71.5 Å². The highest BCUT2D eigenvalue weighted by Gasteiger charge is 2.21. The molecule has 0 bridgehead atoms. The second-order valence-corrected chi connectivity index (χ2v) is 8.97. The van der Waals surface area contributed by atoms with E-state index in [4.69, 9.17) is 9.15 Å². The minimum Gasteiger partial charge on any atom is -0.497 e. The van der Waals surface area contributed by atoms with Gasteiger partial charge in [-0.25, -0.2) is 4.98 Å². The van der Waals surface area contributed by atoms with Gasteiger partial charge in [-0.15, -0.1) is 0 Å². The SMILES string of the molecule is COc1ccc2nc3oc(C(=O)NCC4CCN(Cc5ccc(C)cc5)CC4)cc3cc2c1. The van der Waals surface area contributed by atoms with Gasteiger partial charge in [0.1, 0.15) is 5.75 Å². The number of carbonyl (C=O) groups excluding carboxylic acids is 1. The molecule has 3 heterocycles. The lowest BCUT2D eigenvalue weighted by molar-refractivity contribution is 0.0909. The first-order valence-electron chi connectivity index (χ1n) is 11.5. The third-order valence-electron chi connectivity index (χ3n) is 6.52. The maximum atomic E-state index is 12.7. The Labute approximate surface area is 193 Å². The first-order valence-corrected chi connectivity index (χ1v) is 11.5. The zero-order chi connectivity index (χ0) is 22.8. The van der Waals surface area contributed by atoms with Crippen LogP contribution in [-0.2, 0) is 6.54 Å². The van der Waals surface area contributed by atoms with E-state index in [2.05, 4.69) is 46.4 Å². The lowest BCUT2D eigenvalue weighted by Gasteiger charge is -2.32. The van der Waals surface area contributed by atoms with Crippen LogP contribution < -0.4 is 10.1 Å². The number of likely N-dealkylation sites (tertiary alicyclic amines) is 1. The quantitative estimate of drug-likeness (QED) is 0.457. The summed E-state index contributed by atoms with van der Waals surface area (Å²) in [5.41, 5.74) is 3.93. The Morgan fingerprint density at radius 1 is 1.09 bits per heavy atom. The molecule has 4 aromatic rings. The first-order chi connectivity index (χ1) is 16.1. The fraction of sp³-hybridized carbons (Fsp3) is 0.333. The molecule has 1 saturated heterocycles. The molecule has 33 heavy (non-hydrogen) atoms. The number of piperidine rings is 1. The molecule has 1 N–H and O–H groups in total.